The molecule has 0 aliphatic rings. The van der Waals surface area contributed by atoms with E-state index in [1.165, 1.54) is 0 Å². The molecule has 5 nitrogen and oxygen atoms in total. The summed E-state index contributed by atoms with van der Waals surface area (Å²) in [6.45, 7) is 5.21. The number of anilines is 1. The molecule has 0 spiro atoms. The van der Waals surface area contributed by atoms with Crippen molar-refractivity contribution in [2.75, 3.05) is 18.5 Å². The van der Waals surface area contributed by atoms with Gasteiger partial charge in [0.25, 0.3) is 5.91 Å². The van der Waals surface area contributed by atoms with Crippen molar-refractivity contribution in [1.82, 2.24) is 0 Å². The fourth-order valence-electron chi connectivity index (χ4n) is 2.36. The van der Waals surface area contributed by atoms with Crippen LogP contribution >= 0.6 is 0 Å². The van der Waals surface area contributed by atoms with Crippen molar-refractivity contribution < 1.29 is 19.1 Å². The van der Waals surface area contributed by atoms with Gasteiger partial charge in [0.15, 0.2) is 0 Å². The van der Waals surface area contributed by atoms with Crippen LogP contribution in [0.5, 0.6) is 5.75 Å². The Hall–Kier alpha value is -2.82. The Morgan fingerprint density at radius 1 is 0.889 bits per heavy atom. The van der Waals surface area contributed by atoms with Crippen LogP contribution in [0, 0.1) is 0 Å². The number of ether oxygens (including phenoxy) is 2. The lowest BCUT2D eigenvalue weighted by Crippen LogP contribution is -2.13. The summed E-state index contributed by atoms with van der Waals surface area (Å²) >= 11 is 0. The predicted octanol–water partition coefficient (Wildman–Crippen LogP) is 5.07. The van der Waals surface area contributed by atoms with E-state index in [2.05, 4.69) is 12.2 Å². The summed E-state index contributed by atoms with van der Waals surface area (Å²) in [7, 11) is 0. The van der Waals surface area contributed by atoms with Gasteiger partial charge in [0.2, 0.25) is 0 Å². The molecule has 0 saturated heterocycles. The second-order valence-corrected chi connectivity index (χ2v) is 6.25. The summed E-state index contributed by atoms with van der Waals surface area (Å²) in [6, 6.07) is 13.8. The molecule has 1 N–H and O–H groups in total. The predicted molar refractivity (Wildman–Crippen MR) is 106 cm³/mol. The van der Waals surface area contributed by atoms with Crippen molar-refractivity contribution in [3.8, 4) is 5.75 Å². The SMILES string of the molecule is CCCCOC(=O)c1cccc(NC(=O)c2ccc(OCCCC)cc2)c1. The van der Waals surface area contributed by atoms with Crippen molar-refractivity contribution in [2.24, 2.45) is 0 Å². The maximum atomic E-state index is 12.4. The van der Waals surface area contributed by atoms with Gasteiger partial charge in [-0.2, -0.15) is 0 Å². The van der Waals surface area contributed by atoms with Gasteiger partial charge in [-0.1, -0.05) is 32.8 Å². The van der Waals surface area contributed by atoms with E-state index in [4.69, 9.17) is 9.47 Å². The van der Waals surface area contributed by atoms with Crippen LogP contribution in [0.4, 0.5) is 5.69 Å². The van der Waals surface area contributed by atoms with E-state index >= 15 is 0 Å². The topological polar surface area (TPSA) is 64.6 Å². The molecule has 0 saturated carbocycles. The van der Waals surface area contributed by atoms with Crippen LogP contribution in [0.15, 0.2) is 48.5 Å². The van der Waals surface area contributed by atoms with E-state index in [0.29, 0.717) is 30.0 Å². The summed E-state index contributed by atoms with van der Waals surface area (Å²) in [5.74, 6) is 0.122. The van der Waals surface area contributed by atoms with Crippen LogP contribution in [-0.4, -0.2) is 25.1 Å². The monoisotopic (exact) mass is 369 g/mol. The number of rotatable bonds is 10. The Bertz CT molecular complexity index is 740. The fraction of sp³-hybridized carbons (Fsp3) is 0.364. The third-order valence-corrected chi connectivity index (χ3v) is 3.97. The van der Waals surface area contributed by atoms with Gasteiger partial charge in [0.1, 0.15) is 5.75 Å². The van der Waals surface area contributed by atoms with Gasteiger partial charge in [0.05, 0.1) is 18.8 Å². The Morgan fingerprint density at radius 2 is 1.59 bits per heavy atom. The van der Waals surface area contributed by atoms with Crippen molar-refractivity contribution >= 4 is 17.6 Å². The average molecular weight is 369 g/mol. The van der Waals surface area contributed by atoms with Crippen LogP contribution < -0.4 is 10.1 Å². The quantitative estimate of drug-likeness (QED) is 0.469. The summed E-state index contributed by atoms with van der Waals surface area (Å²) in [6.07, 6.45) is 3.87. The highest BCUT2D eigenvalue weighted by atomic mass is 16.5. The highest BCUT2D eigenvalue weighted by molar-refractivity contribution is 6.04. The first-order valence-electron chi connectivity index (χ1n) is 9.45. The molecule has 0 aliphatic carbocycles. The molecular formula is C22H27NO4. The fourth-order valence-corrected chi connectivity index (χ4v) is 2.36. The van der Waals surface area contributed by atoms with Gasteiger partial charge < -0.3 is 14.8 Å². The molecule has 2 aromatic rings. The molecule has 27 heavy (non-hydrogen) atoms. The number of esters is 1. The standard InChI is InChI=1S/C22H27NO4/c1-3-5-14-26-20-12-10-17(11-13-20)21(24)23-19-9-7-8-18(16-19)22(25)27-15-6-4-2/h7-13,16H,3-6,14-15H2,1-2H3,(H,23,24). The lowest BCUT2D eigenvalue weighted by molar-refractivity contribution is 0.0499. The van der Waals surface area contributed by atoms with E-state index in [1.807, 2.05) is 6.92 Å². The van der Waals surface area contributed by atoms with Crippen LogP contribution in [0.25, 0.3) is 0 Å². The highest BCUT2D eigenvalue weighted by Crippen LogP contribution is 2.16. The number of carbonyl (C=O) groups is 2. The lowest BCUT2D eigenvalue weighted by Gasteiger charge is -2.09. The van der Waals surface area contributed by atoms with E-state index in [-0.39, 0.29) is 11.9 Å². The van der Waals surface area contributed by atoms with Crippen LogP contribution in [0.1, 0.15) is 60.2 Å². The molecule has 2 aromatic carbocycles. The molecule has 0 aromatic heterocycles. The average Bonchev–Trinajstić information content (AvgIpc) is 2.69. The van der Waals surface area contributed by atoms with Crippen molar-refractivity contribution in [3.05, 3.63) is 59.7 Å². The molecule has 0 radical (unpaired) electrons. The van der Waals surface area contributed by atoms with Gasteiger partial charge >= 0.3 is 5.97 Å². The lowest BCUT2D eigenvalue weighted by atomic mass is 10.1. The Kier molecular flexibility index (Phi) is 8.36. The van der Waals surface area contributed by atoms with Crippen LogP contribution in [-0.2, 0) is 4.74 Å². The highest BCUT2D eigenvalue weighted by Gasteiger charge is 2.10. The number of hydrogen-bond acceptors (Lipinski definition) is 4. The number of amides is 1. The minimum Gasteiger partial charge on any atom is -0.494 e. The second kappa shape index (κ2) is 11.0. The Labute approximate surface area is 160 Å². The van der Waals surface area contributed by atoms with Gasteiger partial charge in [-0.05, 0) is 55.3 Å². The summed E-state index contributed by atoms with van der Waals surface area (Å²) in [4.78, 5) is 24.4. The van der Waals surface area contributed by atoms with Gasteiger partial charge in [-0.3, -0.25) is 4.79 Å². The van der Waals surface area contributed by atoms with E-state index in [1.54, 1.807) is 48.5 Å². The molecule has 144 valence electrons. The first kappa shape index (κ1) is 20.5. The molecule has 0 bridgehead atoms. The molecule has 0 unspecified atom stereocenters. The van der Waals surface area contributed by atoms with E-state index in [9.17, 15) is 9.59 Å². The Morgan fingerprint density at radius 3 is 2.30 bits per heavy atom. The van der Waals surface area contributed by atoms with Gasteiger partial charge in [-0.25, -0.2) is 4.79 Å². The number of hydrogen-bond donors (Lipinski definition) is 1. The smallest absolute Gasteiger partial charge is 0.338 e. The minimum atomic E-state index is -0.381. The minimum absolute atomic E-state index is 0.244. The molecule has 0 atom stereocenters. The van der Waals surface area contributed by atoms with Crippen LogP contribution in [0.3, 0.4) is 0 Å². The van der Waals surface area contributed by atoms with Crippen molar-refractivity contribution in [2.45, 2.75) is 39.5 Å². The second-order valence-electron chi connectivity index (χ2n) is 6.25. The Balaban J connectivity index is 1.95. The zero-order valence-electron chi connectivity index (χ0n) is 16.0. The summed E-state index contributed by atoms with van der Waals surface area (Å²) < 4.78 is 10.8. The third-order valence-electron chi connectivity index (χ3n) is 3.97. The first-order chi connectivity index (χ1) is 13.1. The zero-order valence-corrected chi connectivity index (χ0v) is 16.0. The number of nitrogens with one attached hydrogen (secondary N) is 1. The van der Waals surface area contributed by atoms with E-state index < -0.39 is 0 Å². The largest absolute Gasteiger partial charge is 0.494 e. The molecule has 0 aliphatic heterocycles. The molecule has 0 heterocycles. The third kappa shape index (κ3) is 6.77. The maximum absolute atomic E-state index is 12.4. The zero-order chi connectivity index (χ0) is 19.5. The molecule has 0 fully saturated rings. The van der Waals surface area contributed by atoms with E-state index in [0.717, 1.165) is 31.4 Å². The molecule has 1 amide bonds. The number of unbranched alkanes of at least 4 members (excludes halogenated alkanes) is 2. The van der Waals surface area contributed by atoms with Crippen molar-refractivity contribution in [3.63, 3.8) is 0 Å². The molecule has 2 rings (SSSR count). The summed E-state index contributed by atoms with van der Waals surface area (Å²) in [5, 5.41) is 2.80. The normalized spacial score (nSPS) is 10.3. The first-order valence-corrected chi connectivity index (χ1v) is 9.45. The number of benzene rings is 2. The maximum Gasteiger partial charge on any atom is 0.338 e. The van der Waals surface area contributed by atoms with Crippen molar-refractivity contribution in [1.29, 1.82) is 0 Å². The molecule has 5 heteroatoms. The number of carbonyl (C=O) groups excluding carboxylic acids is 2. The molecular weight excluding hydrogens is 342 g/mol. The van der Waals surface area contributed by atoms with Crippen LogP contribution in [0.2, 0.25) is 0 Å². The van der Waals surface area contributed by atoms with Gasteiger partial charge in [0, 0.05) is 11.3 Å². The van der Waals surface area contributed by atoms with Gasteiger partial charge in [-0.15, -0.1) is 0 Å². The summed E-state index contributed by atoms with van der Waals surface area (Å²) in [5.41, 5.74) is 1.49.